The molecule has 1 aliphatic rings. The van der Waals surface area contributed by atoms with Gasteiger partial charge in [0.1, 0.15) is 5.75 Å². The molecule has 1 aromatic carbocycles. The Labute approximate surface area is 162 Å². The number of hydrogen-bond donors (Lipinski definition) is 2. The molecule has 0 radical (unpaired) electrons. The Hall–Kier alpha value is -1.80. The van der Waals surface area contributed by atoms with Gasteiger partial charge in [0.05, 0.1) is 18.0 Å². The molecule has 1 aliphatic carbocycles. The molecule has 140 valence electrons. The number of aromatic nitrogens is 2. The highest BCUT2D eigenvalue weighted by Crippen LogP contribution is 2.33. The van der Waals surface area contributed by atoms with Gasteiger partial charge in [-0.05, 0) is 44.4 Å². The third-order valence-corrected chi connectivity index (χ3v) is 6.37. The van der Waals surface area contributed by atoms with Crippen LogP contribution in [0, 0.1) is 6.92 Å². The summed E-state index contributed by atoms with van der Waals surface area (Å²) in [6.07, 6.45) is 4.60. The molecule has 1 heterocycles. The Balaban J connectivity index is 1.59. The van der Waals surface area contributed by atoms with Crippen molar-refractivity contribution in [3.63, 3.8) is 0 Å². The quantitative estimate of drug-likeness (QED) is 0.690. The van der Waals surface area contributed by atoms with Crippen LogP contribution in [-0.4, -0.2) is 34.5 Å². The Kier molecular flexibility index (Phi) is 6.37. The molecule has 26 heavy (non-hydrogen) atoms. The Morgan fingerprint density at radius 1 is 1.35 bits per heavy atom. The van der Waals surface area contributed by atoms with E-state index >= 15 is 0 Å². The number of rotatable bonds is 7. The minimum atomic E-state index is -0.190. The first kappa shape index (κ1) is 19.0. The van der Waals surface area contributed by atoms with Crippen LogP contribution < -0.4 is 15.4 Å². The molecule has 8 heteroatoms. The maximum absolute atomic E-state index is 12.3. The van der Waals surface area contributed by atoms with Crippen molar-refractivity contribution in [2.24, 2.45) is 0 Å². The van der Waals surface area contributed by atoms with Crippen LogP contribution in [0.15, 0.2) is 22.5 Å². The molecule has 2 N–H and O–H groups in total. The number of aryl methyl sites for hydroxylation is 1. The predicted octanol–water partition coefficient (Wildman–Crippen LogP) is 4.14. The Morgan fingerprint density at radius 2 is 2.12 bits per heavy atom. The van der Waals surface area contributed by atoms with Crippen molar-refractivity contribution in [3.8, 4) is 5.75 Å². The van der Waals surface area contributed by atoms with Crippen LogP contribution in [0.4, 0.5) is 10.8 Å². The lowest BCUT2D eigenvalue weighted by molar-refractivity contribution is -0.120. The van der Waals surface area contributed by atoms with E-state index in [2.05, 4.69) is 20.8 Å². The lowest BCUT2D eigenvalue weighted by Gasteiger charge is -2.15. The second-order valence-corrected chi connectivity index (χ2v) is 9.02. The summed E-state index contributed by atoms with van der Waals surface area (Å²) in [5.41, 5.74) is 1.98. The molecule has 1 saturated carbocycles. The van der Waals surface area contributed by atoms with Crippen molar-refractivity contribution < 1.29 is 9.53 Å². The number of nitrogens with one attached hydrogen (secondary N) is 2. The van der Waals surface area contributed by atoms with Gasteiger partial charge < -0.3 is 15.4 Å². The van der Waals surface area contributed by atoms with E-state index in [1.54, 1.807) is 7.11 Å². The third-order valence-electron chi connectivity index (χ3n) is 4.35. The maximum atomic E-state index is 12.3. The maximum Gasteiger partial charge on any atom is 0.233 e. The van der Waals surface area contributed by atoms with Gasteiger partial charge in [0, 0.05) is 6.04 Å². The van der Waals surface area contributed by atoms with E-state index in [0.717, 1.165) is 34.2 Å². The highest BCUT2D eigenvalue weighted by Gasteiger charge is 2.22. The molecule has 0 saturated heterocycles. The summed E-state index contributed by atoms with van der Waals surface area (Å²) in [5, 5.41) is 15.2. The summed E-state index contributed by atoms with van der Waals surface area (Å²) in [6, 6.07) is 6.26. The molecule has 3 rings (SSSR count). The second kappa shape index (κ2) is 8.73. The molecule has 1 amide bonds. The van der Waals surface area contributed by atoms with Crippen LogP contribution in [0.3, 0.4) is 0 Å². The number of thioether (sulfide) groups is 1. The third kappa shape index (κ3) is 4.88. The highest BCUT2D eigenvalue weighted by molar-refractivity contribution is 8.02. The smallest absolute Gasteiger partial charge is 0.233 e. The number of anilines is 2. The minimum Gasteiger partial charge on any atom is -0.495 e. The number of amides is 1. The van der Waals surface area contributed by atoms with Crippen molar-refractivity contribution in [2.45, 2.75) is 55.2 Å². The van der Waals surface area contributed by atoms with Gasteiger partial charge in [-0.3, -0.25) is 4.79 Å². The first-order valence-electron chi connectivity index (χ1n) is 8.77. The fourth-order valence-corrected chi connectivity index (χ4v) is 4.85. The zero-order valence-corrected chi connectivity index (χ0v) is 16.9. The van der Waals surface area contributed by atoms with Crippen LogP contribution in [0.25, 0.3) is 0 Å². The fraction of sp³-hybridized carbons (Fsp3) is 0.500. The summed E-state index contributed by atoms with van der Waals surface area (Å²) < 4.78 is 6.15. The lowest BCUT2D eigenvalue weighted by atomic mass is 10.2. The molecule has 0 unspecified atom stereocenters. The number of hydrogen-bond acceptors (Lipinski definition) is 7. The van der Waals surface area contributed by atoms with Crippen molar-refractivity contribution in [2.75, 3.05) is 12.4 Å². The molecular weight excluding hydrogens is 368 g/mol. The molecular formula is C18H24N4O2S2. The van der Waals surface area contributed by atoms with E-state index in [9.17, 15) is 4.79 Å². The van der Waals surface area contributed by atoms with Crippen molar-refractivity contribution in [1.82, 2.24) is 15.5 Å². The molecule has 1 atom stereocenters. The van der Waals surface area contributed by atoms with Crippen molar-refractivity contribution in [3.05, 3.63) is 23.8 Å². The molecule has 0 aliphatic heterocycles. The SMILES string of the molecule is COc1ccc(C)cc1Nc1nnc(S[C@@H](C)C(=O)NC2CCCC2)s1. The van der Waals surface area contributed by atoms with E-state index in [1.807, 2.05) is 32.0 Å². The van der Waals surface area contributed by atoms with E-state index in [1.165, 1.54) is 35.9 Å². The second-order valence-electron chi connectivity index (χ2n) is 6.45. The summed E-state index contributed by atoms with van der Waals surface area (Å²) in [4.78, 5) is 12.3. The van der Waals surface area contributed by atoms with Gasteiger partial charge in [-0.2, -0.15) is 0 Å². The number of benzene rings is 1. The standard InChI is InChI=1S/C18H24N4O2S2/c1-11-8-9-15(24-3)14(10-11)20-17-21-22-18(26-17)25-12(2)16(23)19-13-6-4-5-7-13/h8-10,12-13H,4-7H2,1-3H3,(H,19,23)(H,20,21)/t12-/m0/s1. The highest BCUT2D eigenvalue weighted by atomic mass is 32.2. The minimum absolute atomic E-state index is 0.0759. The molecule has 1 fully saturated rings. The van der Waals surface area contributed by atoms with Gasteiger partial charge >= 0.3 is 0 Å². The lowest BCUT2D eigenvalue weighted by Crippen LogP contribution is -2.37. The molecule has 6 nitrogen and oxygen atoms in total. The summed E-state index contributed by atoms with van der Waals surface area (Å²) >= 11 is 2.88. The zero-order chi connectivity index (χ0) is 18.5. The van der Waals surface area contributed by atoms with E-state index in [-0.39, 0.29) is 11.2 Å². The van der Waals surface area contributed by atoms with Gasteiger partial charge in [0.15, 0.2) is 4.34 Å². The Morgan fingerprint density at radius 3 is 2.85 bits per heavy atom. The van der Waals surface area contributed by atoms with Gasteiger partial charge in [0.25, 0.3) is 0 Å². The van der Waals surface area contributed by atoms with Gasteiger partial charge in [-0.25, -0.2) is 0 Å². The zero-order valence-electron chi connectivity index (χ0n) is 15.2. The molecule has 1 aromatic heterocycles. The van der Waals surface area contributed by atoms with Gasteiger partial charge in [0.2, 0.25) is 11.0 Å². The number of ether oxygens (including phenoxy) is 1. The van der Waals surface area contributed by atoms with Gasteiger partial charge in [-0.15, -0.1) is 10.2 Å². The van der Waals surface area contributed by atoms with Crippen LogP contribution >= 0.6 is 23.1 Å². The number of carbonyl (C=O) groups excluding carboxylic acids is 1. The summed E-state index contributed by atoms with van der Waals surface area (Å²) in [5.74, 6) is 0.830. The number of methoxy groups -OCH3 is 1. The molecule has 0 spiro atoms. The van der Waals surface area contributed by atoms with Crippen molar-refractivity contribution >= 4 is 39.8 Å². The fourth-order valence-electron chi connectivity index (χ4n) is 2.94. The van der Waals surface area contributed by atoms with Crippen LogP contribution in [0.1, 0.15) is 38.2 Å². The topological polar surface area (TPSA) is 76.1 Å². The average Bonchev–Trinajstić information content (AvgIpc) is 3.27. The van der Waals surface area contributed by atoms with Gasteiger partial charge in [-0.1, -0.05) is 42.0 Å². The number of nitrogens with zero attached hydrogens (tertiary/aromatic N) is 2. The first-order valence-corrected chi connectivity index (χ1v) is 10.5. The van der Waals surface area contributed by atoms with Crippen LogP contribution in [-0.2, 0) is 4.79 Å². The summed E-state index contributed by atoms with van der Waals surface area (Å²) in [6.45, 7) is 3.93. The van der Waals surface area contributed by atoms with E-state index in [0.29, 0.717) is 11.2 Å². The van der Waals surface area contributed by atoms with Crippen LogP contribution in [0.5, 0.6) is 5.75 Å². The monoisotopic (exact) mass is 392 g/mol. The van der Waals surface area contributed by atoms with Crippen molar-refractivity contribution in [1.29, 1.82) is 0 Å². The molecule has 2 aromatic rings. The predicted molar refractivity (Wildman–Crippen MR) is 107 cm³/mol. The largest absolute Gasteiger partial charge is 0.495 e. The Bertz CT molecular complexity index is 759. The number of carbonyl (C=O) groups is 1. The normalized spacial score (nSPS) is 15.7. The van der Waals surface area contributed by atoms with E-state index in [4.69, 9.17) is 4.74 Å². The average molecular weight is 393 g/mol. The first-order chi connectivity index (χ1) is 12.5. The van der Waals surface area contributed by atoms with E-state index < -0.39 is 0 Å². The van der Waals surface area contributed by atoms with Crippen LogP contribution in [0.2, 0.25) is 0 Å². The summed E-state index contributed by atoms with van der Waals surface area (Å²) in [7, 11) is 1.64. The molecule has 0 bridgehead atoms.